The highest BCUT2D eigenvalue weighted by atomic mass is 19.4. The van der Waals surface area contributed by atoms with E-state index in [0.717, 1.165) is 5.56 Å². The van der Waals surface area contributed by atoms with Gasteiger partial charge in [-0.05, 0) is 17.5 Å². The average Bonchev–Trinajstić information content (AvgIpc) is 2.91. The van der Waals surface area contributed by atoms with Gasteiger partial charge in [0, 0.05) is 13.1 Å². The Morgan fingerprint density at radius 1 is 1.30 bits per heavy atom. The Kier molecular flexibility index (Phi) is 5.97. The third kappa shape index (κ3) is 6.17. The predicted molar refractivity (Wildman–Crippen MR) is 76.4 cm³/mol. The molecule has 1 aliphatic heterocycles. The van der Waals surface area contributed by atoms with E-state index in [-0.39, 0.29) is 18.6 Å². The first-order valence-corrected chi connectivity index (χ1v) is 7.25. The summed E-state index contributed by atoms with van der Waals surface area (Å²) in [6.45, 7) is -0.664. The number of carbonyl (C=O) groups is 1. The number of β-amino-alcohol motifs (C(OH)–C–C–N with tert-alkyl or cyclic N) is 1. The Balaban J connectivity index is 1.73. The molecule has 1 heterocycles. The molecule has 23 heavy (non-hydrogen) atoms. The van der Waals surface area contributed by atoms with E-state index in [1.54, 1.807) is 24.3 Å². The minimum absolute atomic E-state index is 0.115. The Bertz CT molecular complexity index is 520. The van der Waals surface area contributed by atoms with Gasteiger partial charge in [-0.3, -0.25) is 4.79 Å². The zero-order valence-corrected chi connectivity index (χ0v) is 12.4. The van der Waals surface area contributed by atoms with Gasteiger partial charge in [0.2, 0.25) is 5.91 Å². The van der Waals surface area contributed by atoms with Gasteiger partial charge in [-0.25, -0.2) is 0 Å². The minimum Gasteiger partial charge on any atom is -0.392 e. The van der Waals surface area contributed by atoms with Gasteiger partial charge >= 0.3 is 6.18 Å². The lowest BCUT2D eigenvalue weighted by Gasteiger charge is -2.11. The molecule has 1 aromatic rings. The first kappa shape index (κ1) is 17.7. The molecule has 0 aliphatic carbocycles. The lowest BCUT2D eigenvalue weighted by atomic mass is 10.1. The Morgan fingerprint density at radius 2 is 1.96 bits per heavy atom. The van der Waals surface area contributed by atoms with Crippen LogP contribution in [-0.4, -0.2) is 42.5 Å². The van der Waals surface area contributed by atoms with Crippen molar-refractivity contribution in [1.29, 1.82) is 0 Å². The maximum absolute atomic E-state index is 12.0. The molecule has 1 saturated heterocycles. The third-order valence-electron chi connectivity index (χ3n) is 3.45. The average molecular weight is 332 g/mol. The number of hydrogen-bond donors (Lipinski definition) is 3. The molecule has 1 aromatic carbocycles. The molecule has 1 aliphatic rings. The Labute approximate surface area is 131 Å². The molecule has 5 nitrogen and oxygen atoms in total. The second-order valence-corrected chi connectivity index (χ2v) is 5.49. The normalized spacial score (nSPS) is 21.4. The van der Waals surface area contributed by atoms with Crippen LogP contribution < -0.4 is 10.6 Å². The summed E-state index contributed by atoms with van der Waals surface area (Å²) in [7, 11) is 0. The topological polar surface area (TPSA) is 70.6 Å². The second kappa shape index (κ2) is 7.76. The van der Waals surface area contributed by atoms with Crippen molar-refractivity contribution in [1.82, 2.24) is 10.6 Å². The van der Waals surface area contributed by atoms with Gasteiger partial charge < -0.3 is 20.5 Å². The number of benzene rings is 1. The van der Waals surface area contributed by atoms with E-state index in [1.807, 2.05) is 0 Å². The van der Waals surface area contributed by atoms with Crippen LogP contribution in [0.3, 0.4) is 0 Å². The second-order valence-electron chi connectivity index (χ2n) is 5.49. The number of carbonyl (C=O) groups excluding carboxylic acids is 1. The van der Waals surface area contributed by atoms with Crippen molar-refractivity contribution in [2.24, 2.45) is 0 Å². The van der Waals surface area contributed by atoms with Crippen LogP contribution in [0.2, 0.25) is 0 Å². The van der Waals surface area contributed by atoms with E-state index in [1.165, 1.54) is 0 Å². The monoisotopic (exact) mass is 332 g/mol. The number of rotatable bonds is 6. The summed E-state index contributed by atoms with van der Waals surface area (Å²) < 4.78 is 40.5. The third-order valence-corrected chi connectivity index (χ3v) is 3.45. The van der Waals surface area contributed by atoms with Gasteiger partial charge in [0.1, 0.15) is 6.61 Å². The van der Waals surface area contributed by atoms with Crippen molar-refractivity contribution in [2.45, 2.75) is 37.9 Å². The van der Waals surface area contributed by atoms with Crippen LogP contribution >= 0.6 is 0 Å². The summed E-state index contributed by atoms with van der Waals surface area (Å²) in [6.07, 6.45) is -4.44. The molecule has 2 atom stereocenters. The van der Waals surface area contributed by atoms with Gasteiger partial charge in [0.05, 0.1) is 18.8 Å². The summed E-state index contributed by atoms with van der Waals surface area (Å²) in [5, 5.41) is 15.0. The van der Waals surface area contributed by atoms with Gasteiger partial charge in [0.25, 0.3) is 0 Å². The molecule has 0 aromatic heterocycles. The van der Waals surface area contributed by atoms with E-state index in [9.17, 15) is 23.1 Å². The Morgan fingerprint density at radius 3 is 2.52 bits per heavy atom. The molecule has 2 rings (SSSR count). The molecule has 2 unspecified atom stereocenters. The largest absolute Gasteiger partial charge is 0.411 e. The smallest absolute Gasteiger partial charge is 0.392 e. The molecular weight excluding hydrogens is 313 g/mol. The molecule has 8 heteroatoms. The number of halogens is 3. The lowest BCUT2D eigenvalue weighted by Crippen LogP contribution is -2.39. The summed E-state index contributed by atoms with van der Waals surface area (Å²) in [4.78, 5) is 11.9. The van der Waals surface area contributed by atoms with Crippen LogP contribution in [0.1, 0.15) is 17.5 Å². The number of amides is 1. The molecule has 1 fully saturated rings. The minimum atomic E-state index is -4.33. The zero-order chi connectivity index (χ0) is 16.9. The summed E-state index contributed by atoms with van der Waals surface area (Å²) in [5.41, 5.74) is 1.46. The first-order chi connectivity index (χ1) is 10.8. The molecule has 1 amide bonds. The van der Waals surface area contributed by atoms with Crippen LogP contribution in [0.25, 0.3) is 0 Å². The van der Waals surface area contributed by atoms with Gasteiger partial charge in [0.15, 0.2) is 0 Å². The number of aliphatic hydroxyl groups is 1. The SMILES string of the molecule is O=C(NCc1ccc(COCC(F)(F)F)cc1)C1CC(O)CN1. The summed E-state index contributed by atoms with van der Waals surface area (Å²) in [5.74, 6) is -0.181. The van der Waals surface area contributed by atoms with E-state index in [2.05, 4.69) is 15.4 Å². The summed E-state index contributed by atoms with van der Waals surface area (Å²) >= 11 is 0. The fourth-order valence-electron chi connectivity index (χ4n) is 2.27. The fraction of sp³-hybridized carbons (Fsp3) is 0.533. The number of alkyl halides is 3. The standard InChI is InChI=1S/C15H19F3N2O3/c16-15(17,18)9-23-8-11-3-1-10(2-4-11)6-20-14(22)13-5-12(21)7-19-13/h1-4,12-13,19,21H,5-9H2,(H,20,22). The fourth-order valence-corrected chi connectivity index (χ4v) is 2.27. The van der Waals surface area contributed by atoms with Crippen molar-refractivity contribution in [3.63, 3.8) is 0 Å². The van der Waals surface area contributed by atoms with E-state index in [4.69, 9.17) is 0 Å². The van der Waals surface area contributed by atoms with Gasteiger partial charge in [-0.2, -0.15) is 13.2 Å². The number of hydrogen-bond acceptors (Lipinski definition) is 4. The van der Waals surface area contributed by atoms with Crippen LogP contribution in [0, 0.1) is 0 Å². The van der Waals surface area contributed by atoms with E-state index < -0.39 is 18.9 Å². The highest BCUT2D eigenvalue weighted by Crippen LogP contribution is 2.16. The molecule has 0 bridgehead atoms. The van der Waals surface area contributed by atoms with Crippen molar-refractivity contribution < 1.29 is 27.8 Å². The number of aliphatic hydroxyl groups excluding tert-OH is 1. The van der Waals surface area contributed by atoms with Crippen molar-refractivity contribution in [3.8, 4) is 0 Å². The number of ether oxygens (including phenoxy) is 1. The summed E-state index contributed by atoms with van der Waals surface area (Å²) in [6, 6.07) is 6.39. The number of nitrogens with one attached hydrogen (secondary N) is 2. The molecule has 128 valence electrons. The first-order valence-electron chi connectivity index (χ1n) is 7.25. The van der Waals surface area contributed by atoms with Crippen LogP contribution in [0.15, 0.2) is 24.3 Å². The van der Waals surface area contributed by atoms with Crippen LogP contribution in [0.5, 0.6) is 0 Å². The van der Waals surface area contributed by atoms with Crippen molar-refractivity contribution in [3.05, 3.63) is 35.4 Å². The molecule has 0 spiro atoms. The van der Waals surface area contributed by atoms with Gasteiger partial charge in [-0.1, -0.05) is 24.3 Å². The van der Waals surface area contributed by atoms with Crippen LogP contribution in [-0.2, 0) is 22.7 Å². The predicted octanol–water partition coefficient (Wildman–Crippen LogP) is 1.10. The Hall–Kier alpha value is -1.64. The zero-order valence-electron chi connectivity index (χ0n) is 12.4. The highest BCUT2D eigenvalue weighted by molar-refractivity contribution is 5.82. The maximum Gasteiger partial charge on any atom is 0.411 e. The van der Waals surface area contributed by atoms with Crippen molar-refractivity contribution >= 4 is 5.91 Å². The lowest BCUT2D eigenvalue weighted by molar-refractivity contribution is -0.176. The van der Waals surface area contributed by atoms with E-state index >= 15 is 0 Å². The van der Waals surface area contributed by atoms with E-state index in [0.29, 0.717) is 25.1 Å². The molecule has 0 saturated carbocycles. The molecular formula is C15H19F3N2O3. The maximum atomic E-state index is 12.0. The van der Waals surface area contributed by atoms with Crippen LogP contribution in [0.4, 0.5) is 13.2 Å². The van der Waals surface area contributed by atoms with Crippen molar-refractivity contribution in [2.75, 3.05) is 13.2 Å². The highest BCUT2D eigenvalue weighted by Gasteiger charge is 2.28. The van der Waals surface area contributed by atoms with Gasteiger partial charge in [-0.15, -0.1) is 0 Å². The molecule has 3 N–H and O–H groups in total. The quantitative estimate of drug-likeness (QED) is 0.730. The molecule has 0 radical (unpaired) electrons.